The van der Waals surface area contributed by atoms with Gasteiger partial charge in [-0.1, -0.05) is 13.8 Å². The van der Waals surface area contributed by atoms with Gasteiger partial charge in [-0.2, -0.15) is 5.10 Å². The number of aryl methyl sites for hydroxylation is 1. The number of imidazole rings is 1. The Kier molecular flexibility index (Phi) is 5.61. The van der Waals surface area contributed by atoms with Crippen LogP contribution in [0.4, 0.5) is 0 Å². The van der Waals surface area contributed by atoms with E-state index in [1.807, 2.05) is 33.9 Å². The van der Waals surface area contributed by atoms with Gasteiger partial charge in [0.15, 0.2) is 10.9 Å². The predicted octanol–water partition coefficient (Wildman–Crippen LogP) is 2.85. The molecular formula is C18H27N7S. The third-order valence-corrected chi connectivity index (χ3v) is 4.89. The molecule has 0 aliphatic heterocycles. The number of aliphatic imine (C=N–C) groups is 1. The van der Waals surface area contributed by atoms with Crippen LogP contribution in [-0.4, -0.2) is 43.6 Å². The van der Waals surface area contributed by atoms with Crippen molar-refractivity contribution in [2.24, 2.45) is 12.0 Å². The number of nitrogens with zero attached hydrogens (tertiary/aromatic N) is 6. The van der Waals surface area contributed by atoms with Crippen LogP contribution in [0.1, 0.15) is 43.6 Å². The number of rotatable bonds is 6. The van der Waals surface area contributed by atoms with Crippen molar-refractivity contribution in [3.63, 3.8) is 0 Å². The number of nitrogens with one attached hydrogen (secondary N) is 1. The summed E-state index contributed by atoms with van der Waals surface area (Å²) in [7, 11) is 4.03. The van der Waals surface area contributed by atoms with Crippen LogP contribution in [0, 0.1) is 0 Å². The van der Waals surface area contributed by atoms with Crippen molar-refractivity contribution < 1.29 is 0 Å². The zero-order chi connectivity index (χ0) is 18.7. The maximum Gasteiger partial charge on any atom is 0.194 e. The molecule has 0 aromatic carbocycles. The molecule has 140 valence electrons. The molecule has 0 aliphatic rings. The van der Waals surface area contributed by atoms with E-state index in [9.17, 15) is 0 Å². The van der Waals surface area contributed by atoms with Crippen molar-refractivity contribution >= 4 is 22.3 Å². The Balaban J connectivity index is 1.74. The van der Waals surface area contributed by atoms with Crippen molar-refractivity contribution in [1.29, 1.82) is 0 Å². The van der Waals surface area contributed by atoms with Gasteiger partial charge in [-0.15, -0.1) is 11.3 Å². The number of hydrogen-bond acceptors (Lipinski definition) is 4. The van der Waals surface area contributed by atoms with Crippen LogP contribution < -0.4 is 5.32 Å². The molecule has 3 aromatic rings. The van der Waals surface area contributed by atoms with E-state index in [4.69, 9.17) is 4.99 Å². The summed E-state index contributed by atoms with van der Waals surface area (Å²) < 4.78 is 3.93. The summed E-state index contributed by atoms with van der Waals surface area (Å²) in [6.07, 6.45) is 6.16. The van der Waals surface area contributed by atoms with E-state index in [1.165, 1.54) is 5.56 Å². The second-order valence-electron chi connectivity index (χ2n) is 6.72. The number of fused-ring (bicyclic) bond motifs is 1. The molecule has 0 fully saturated rings. The fourth-order valence-electron chi connectivity index (χ4n) is 2.97. The van der Waals surface area contributed by atoms with Gasteiger partial charge in [0.1, 0.15) is 0 Å². The molecule has 0 atom stereocenters. The number of aromatic nitrogens is 4. The highest BCUT2D eigenvalue weighted by molar-refractivity contribution is 7.15. The molecule has 7 nitrogen and oxygen atoms in total. The highest BCUT2D eigenvalue weighted by Gasteiger charge is 2.15. The van der Waals surface area contributed by atoms with Gasteiger partial charge in [-0.05, 0) is 12.8 Å². The predicted molar refractivity (Wildman–Crippen MR) is 107 cm³/mol. The van der Waals surface area contributed by atoms with Crippen molar-refractivity contribution in [2.75, 3.05) is 13.6 Å². The lowest BCUT2D eigenvalue weighted by molar-refractivity contribution is 0.473. The topological polar surface area (TPSA) is 62.8 Å². The summed E-state index contributed by atoms with van der Waals surface area (Å²) in [6, 6.07) is 0. The van der Waals surface area contributed by atoms with Crippen LogP contribution in [0.15, 0.2) is 29.0 Å². The Hall–Kier alpha value is -2.35. The van der Waals surface area contributed by atoms with Crippen molar-refractivity contribution in [1.82, 2.24) is 29.4 Å². The first-order valence-corrected chi connectivity index (χ1v) is 9.78. The number of thiazole rings is 1. The zero-order valence-corrected chi connectivity index (χ0v) is 16.9. The third kappa shape index (κ3) is 4.07. The van der Waals surface area contributed by atoms with Crippen LogP contribution in [0.2, 0.25) is 0 Å². The van der Waals surface area contributed by atoms with Crippen molar-refractivity contribution in [2.45, 2.75) is 39.8 Å². The van der Waals surface area contributed by atoms with Crippen LogP contribution in [0.3, 0.4) is 0 Å². The lowest BCUT2D eigenvalue weighted by Gasteiger charge is -2.22. The second-order valence-corrected chi connectivity index (χ2v) is 7.59. The van der Waals surface area contributed by atoms with Crippen LogP contribution >= 0.6 is 11.3 Å². The summed E-state index contributed by atoms with van der Waals surface area (Å²) in [5, 5.41) is 10.0. The van der Waals surface area contributed by atoms with Crippen LogP contribution in [-0.2, 0) is 20.1 Å². The molecule has 0 aliphatic carbocycles. The normalized spacial score (nSPS) is 12.3. The Morgan fingerprint density at radius 2 is 2.19 bits per heavy atom. The summed E-state index contributed by atoms with van der Waals surface area (Å²) in [4.78, 5) is 12.5. The smallest absolute Gasteiger partial charge is 0.194 e. The minimum atomic E-state index is 0.401. The van der Waals surface area contributed by atoms with E-state index in [0.717, 1.165) is 35.4 Å². The number of guanidine groups is 1. The van der Waals surface area contributed by atoms with Gasteiger partial charge in [-0.25, -0.2) is 9.98 Å². The largest absolute Gasteiger partial charge is 0.357 e. The first kappa shape index (κ1) is 18.4. The summed E-state index contributed by atoms with van der Waals surface area (Å²) in [5.41, 5.74) is 3.35. The molecule has 0 bridgehead atoms. The summed E-state index contributed by atoms with van der Waals surface area (Å²) in [6.45, 7) is 8.59. The molecular weight excluding hydrogens is 346 g/mol. The zero-order valence-electron chi connectivity index (χ0n) is 16.1. The fourth-order valence-corrected chi connectivity index (χ4v) is 3.69. The molecule has 26 heavy (non-hydrogen) atoms. The molecule has 0 saturated heterocycles. The van der Waals surface area contributed by atoms with Crippen LogP contribution in [0.5, 0.6) is 0 Å². The van der Waals surface area contributed by atoms with Crippen LogP contribution in [0.25, 0.3) is 4.96 Å². The van der Waals surface area contributed by atoms with Gasteiger partial charge in [0.05, 0.1) is 17.9 Å². The van der Waals surface area contributed by atoms with Gasteiger partial charge in [0.25, 0.3) is 0 Å². The summed E-state index contributed by atoms with van der Waals surface area (Å²) >= 11 is 1.64. The monoisotopic (exact) mass is 373 g/mol. The summed E-state index contributed by atoms with van der Waals surface area (Å²) in [5.74, 6) is 1.28. The van der Waals surface area contributed by atoms with E-state index < -0.39 is 0 Å². The van der Waals surface area contributed by atoms with Gasteiger partial charge in [0, 0.05) is 56.7 Å². The standard InChI is InChI=1S/C18H27N7S/c1-6-19-17(20-9-15-12-25-7-8-26-18(25)21-15)23(4)10-14-11-24(5)22-16(14)13(2)3/h7-8,11-13H,6,9-10H2,1-5H3,(H,19,20). The Morgan fingerprint density at radius 3 is 2.88 bits per heavy atom. The molecule has 0 radical (unpaired) electrons. The molecule has 3 aromatic heterocycles. The third-order valence-electron chi connectivity index (χ3n) is 4.12. The van der Waals surface area contributed by atoms with E-state index in [-0.39, 0.29) is 0 Å². The molecule has 3 heterocycles. The average molecular weight is 374 g/mol. The first-order chi connectivity index (χ1) is 12.5. The molecule has 3 rings (SSSR count). The first-order valence-electron chi connectivity index (χ1n) is 8.90. The lowest BCUT2D eigenvalue weighted by atomic mass is 10.1. The fraction of sp³-hybridized carbons (Fsp3) is 0.500. The SMILES string of the molecule is CCNC(=NCc1cn2ccsc2n1)N(C)Cc1cn(C)nc1C(C)C. The maximum absolute atomic E-state index is 4.77. The second kappa shape index (κ2) is 7.90. The van der Waals surface area contributed by atoms with Crippen molar-refractivity contribution in [3.05, 3.63) is 40.9 Å². The van der Waals surface area contributed by atoms with E-state index in [0.29, 0.717) is 12.5 Å². The van der Waals surface area contributed by atoms with E-state index >= 15 is 0 Å². The molecule has 1 N–H and O–H groups in total. The van der Waals surface area contributed by atoms with E-state index in [2.05, 4.69) is 54.3 Å². The highest BCUT2D eigenvalue weighted by atomic mass is 32.1. The average Bonchev–Trinajstić information content (AvgIpc) is 3.25. The molecule has 0 amide bonds. The maximum atomic E-state index is 4.77. The van der Waals surface area contributed by atoms with Gasteiger partial charge < -0.3 is 10.2 Å². The Morgan fingerprint density at radius 1 is 1.38 bits per heavy atom. The van der Waals surface area contributed by atoms with E-state index in [1.54, 1.807) is 11.3 Å². The minimum Gasteiger partial charge on any atom is -0.357 e. The highest BCUT2D eigenvalue weighted by Crippen LogP contribution is 2.18. The molecule has 0 spiro atoms. The van der Waals surface area contributed by atoms with Crippen molar-refractivity contribution in [3.8, 4) is 0 Å². The molecule has 0 saturated carbocycles. The Labute approximate surface area is 158 Å². The number of hydrogen-bond donors (Lipinski definition) is 1. The van der Waals surface area contributed by atoms with Gasteiger partial charge >= 0.3 is 0 Å². The van der Waals surface area contributed by atoms with Gasteiger partial charge in [-0.3, -0.25) is 9.08 Å². The Bertz CT molecular complexity index is 858. The molecule has 8 heteroatoms. The quantitative estimate of drug-likeness (QED) is 0.533. The lowest BCUT2D eigenvalue weighted by Crippen LogP contribution is -2.38. The van der Waals surface area contributed by atoms with Gasteiger partial charge in [0.2, 0.25) is 0 Å². The minimum absolute atomic E-state index is 0.401. The molecule has 0 unspecified atom stereocenters.